The quantitative estimate of drug-likeness (QED) is 0.158. The van der Waals surface area contributed by atoms with Crippen LogP contribution in [0.1, 0.15) is 23.6 Å². The standard InChI is InChI=1S/C34H30O7/c1-3-37-32(21-40-28-16-17-29(23(2)20-28)41-22-33(35)36)34(26-12-8-24(9-13-26)30-6-4-18-38-30)27-14-10-25(11-15-27)31-7-5-19-39-31/h4-20H,3,21-22H2,1-2H3,(H,35,36). The van der Waals surface area contributed by atoms with Gasteiger partial charge in [-0.15, -0.1) is 0 Å². The zero-order valence-corrected chi connectivity index (χ0v) is 22.8. The summed E-state index contributed by atoms with van der Waals surface area (Å²) in [6.07, 6.45) is 3.32. The molecule has 0 radical (unpaired) electrons. The Morgan fingerprint density at radius 3 is 1.80 bits per heavy atom. The minimum Gasteiger partial charge on any atom is -0.494 e. The molecular weight excluding hydrogens is 520 g/mol. The van der Waals surface area contributed by atoms with E-state index in [4.69, 9.17) is 28.2 Å². The van der Waals surface area contributed by atoms with Gasteiger partial charge in [0.1, 0.15) is 35.4 Å². The van der Waals surface area contributed by atoms with Gasteiger partial charge in [-0.3, -0.25) is 0 Å². The topological polar surface area (TPSA) is 91.3 Å². The first-order chi connectivity index (χ1) is 20.0. The molecule has 0 spiro atoms. The van der Waals surface area contributed by atoms with Crippen LogP contribution in [0.25, 0.3) is 28.2 Å². The van der Waals surface area contributed by atoms with Crippen LogP contribution in [0.2, 0.25) is 0 Å². The van der Waals surface area contributed by atoms with Crippen molar-refractivity contribution < 1.29 is 32.9 Å². The Labute approximate surface area is 238 Å². The number of benzene rings is 3. The Bertz CT molecular complexity index is 1520. The van der Waals surface area contributed by atoms with E-state index in [1.54, 1.807) is 24.7 Å². The third kappa shape index (κ3) is 6.70. The second-order valence-corrected chi connectivity index (χ2v) is 9.24. The van der Waals surface area contributed by atoms with Gasteiger partial charge in [-0.25, -0.2) is 4.79 Å². The monoisotopic (exact) mass is 550 g/mol. The van der Waals surface area contributed by atoms with Crippen molar-refractivity contribution in [1.29, 1.82) is 0 Å². The molecule has 2 heterocycles. The number of carboxylic acid groups (broad SMARTS) is 1. The number of aryl methyl sites for hydroxylation is 1. The van der Waals surface area contributed by atoms with E-state index < -0.39 is 12.6 Å². The molecule has 0 fully saturated rings. The second kappa shape index (κ2) is 12.8. The lowest BCUT2D eigenvalue weighted by atomic mass is 9.94. The van der Waals surface area contributed by atoms with Crippen LogP contribution >= 0.6 is 0 Å². The third-order valence-electron chi connectivity index (χ3n) is 6.42. The first-order valence-corrected chi connectivity index (χ1v) is 13.2. The molecule has 0 saturated carbocycles. The van der Waals surface area contributed by atoms with Gasteiger partial charge >= 0.3 is 5.97 Å². The van der Waals surface area contributed by atoms with Crippen molar-refractivity contribution in [2.45, 2.75) is 13.8 Å². The number of ether oxygens (including phenoxy) is 3. The van der Waals surface area contributed by atoms with Crippen molar-refractivity contribution in [3.63, 3.8) is 0 Å². The molecule has 5 rings (SSSR count). The first kappa shape index (κ1) is 27.4. The molecule has 41 heavy (non-hydrogen) atoms. The highest BCUT2D eigenvalue weighted by molar-refractivity contribution is 5.83. The number of furan rings is 2. The smallest absolute Gasteiger partial charge is 0.341 e. The van der Waals surface area contributed by atoms with E-state index in [0.29, 0.717) is 23.9 Å². The number of carbonyl (C=O) groups is 1. The van der Waals surface area contributed by atoms with Crippen LogP contribution in [-0.2, 0) is 9.53 Å². The zero-order valence-electron chi connectivity index (χ0n) is 22.8. The van der Waals surface area contributed by atoms with E-state index in [9.17, 15) is 4.79 Å². The van der Waals surface area contributed by atoms with Crippen LogP contribution in [0.4, 0.5) is 0 Å². The molecule has 0 unspecified atom stereocenters. The summed E-state index contributed by atoms with van der Waals surface area (Å²) >= 11 is 0. The van der Waals surface area contributed by atoms with E-state index in [0.717, 1.165) is 44.9 Å². The van der Waals surface area contributed by atoms with Gasteiger partial charge in [0.25, 0.3) is 0 Å². The summed E-state index contributed by atoms with van der Waals surface area (Å²) in [6, 6.07) is 29.1. The summed E-state index contributed by atoms with van der Waals surface area (Å²) in [5.41, 5.74) is 5.55. The Hall–Kier alpha value is -5.17. The second-order valence-electron chi connectivity index (χ2n) is 9.24. The Kier molecular flexibility index (Phi) is 8.55. The lowest BCUT2D eigenvalue weighted by Crippen LogP contribution is -2.11. The summed E-state index contributed by atoms with van der Waals surface area (Å²) in [5, 5.41) is 8.90. The summed E-state index contributed by atoms with van der Waals surface area (Å²) < 4.78 is 28.9. The SMILES string of the molecule is CCOC(COc1ccc(OCC(=O)O)c(C)c1)=C(c1ccc(-c2ccco2)cc1)c1ccc(-c2ccco2)cc1. The van der Waals surface area contributed by atoms with Gasteiger partial charge in [0.15, 0.2) is 6.61 Å². The number of hydrogen-bond acceptors (Lipinski definition) is 6. The van der Waals surface area contributed by atoms with Crippen molar-refractivity contribution in [2.75, 3.05) is 19.8 Å². The molecule has 7 nitrogen and oxygen atoms in total. The maximum Gasteiger partial charge on any atom is 0.341 e. The highest BCUT2D eigenvalue weighted by Crippen LogP contribution is 2.32. The summed E-state index contributed by atoms with van der Waals surface area (Å²) in [6.45, 7) is 4.02. The largest absolute Gasteiger partial charge is 0.494 e. The molecule has 0 aliphatic heterocycles. The van der Waals surface area contributed by atoms with Crippen molar-refractivity contribution in [3.05, 3.63) is 126 Å². The molecule has 0 saturated heterocycles. The molecule has 0 bridgehead atoms. The highest BCUT2D eigenvalue weighted by Gasteiger charge is 2.16. The van der Waals surface area contributed by atoms with Crippen LogP contribution < -0.4 is 9.47 Å². The molecule has 0 atom stereocenters. The van der Waals surface area contributed by atoms with Crippen LogP contribution in [0.15, 0.2) is 118 Å². The van der Waals surface area contributed by atoms with Gasteiger partial charge in [-0.1, -0.05) is 48.5 Å². The molecular formula is C34H30O7. The van der Waals surface area contributed by atoms with E-state index >= 15 is 0 Å². The number of rotatable bonds is 12. The maximum absolute atomic E-state index is 10.9. The molecule has 208 valence electrons. The van der Waals surface area contributed by atoms with Crippen molar-refractivity contribution >= 4 is 11.5 Å². The minimum absolute atomic E-state index is 0.178. The lowest BCUT2D eigenvalue weighted by molar-refractivity contribution is -0.139. The summed E-state index contributed by atoms with van der Waals surface area (Å²) in [7, 11) is 0. The van der Waals surface area contributed by atoms with Gasteiger partial charge in [0, 0.05) is 16.7 Å². The predicted molar refractivity (Wildman–Crippen MR) is 156 cm³/mol. The van der Waals surface area contributed by atoms with E-state index in [1.165, 1.54) is 0 Å². The van der Waals surface area contributed by atoms with E-state index in [1.807, 2.05) is 92.7 Å². The number of hydrogen-bond donors (Lipinski definition) is 1. The summed E-state index contributed by atoms with van der Waals surface area (Å²) in [4.78, 5) is 10.9. The summed E-state index contributed by atoms with van der Waals surface area (Å²) in [5.74, 6) is 2.34. The lowest BCUT2D eigenvalue weighted by Gasteiger charge is -2.18. The maximum atomic E-state index is 10.9. The van der Waals surface area contributed by atoms with Crippen LogP contribution in [0, 0.1) is 6.92 Å². The number of aliphatic carboxylic acids is 1. The molecule has 3 aromatic carbocycles. The minimum atomic E-state index is -1.03. The molecule has 0 amide bonds. The Balaban J connectivity index is 1.49. The average molecular weight is 551 g/mol. The fourth-order valence-electron chi connectivity index (χ4n) is 4.50. The fourth-order valence-corrected chi connectivity index (χ4v) is 4.50. The molecule has 7 heteroatoms. The van der Waals surface area contributed by atoms with Crippen LogP contribution in [-0.4, -0.2) is 30.9 Å². The fraction of sp³-hybridized carbons (Fsp3) is 0.147. The number of carboxylic acids is 1. The van der Waals surface area contributed by atoms with Crippen LogP contribution in [0.5, 0.6) is 11.5 Å². The van der Waals surface area contributed by atoms with Gasteiger partial charge < -0.3 is 28.2 Å². The first-order valence-electron chi connectivity index (χ1n) is 13.2. The average Bonchev–Trinajstić information content (AvgIpc) is 3.72. The molecule has 2 aromatic heterocycles. The van der Waals surface area contributed by atoms with Crippen molar-refractivity contribution in [2.24, 2.45) is 0 Å². The zero-order chi connectivity index (χ0) is 28.6. The van der Waals surface area contributed by atoms with E-state index in [2.05, 4.69) is 0 Å². The molecule has 1 N–H and O–H groups in total. The van der Waals surface area contributed by atoms with Crippen LogP contribution in [0.3, 0.4) is 0 Å². The molecule has 5 aromatic rings. The Morgan fingerprint density at radius 2 is 1.34 bits per heavy atom. The van der Waals surface area contributed by atoms with Crippen molar-refractivity contribution in [3.8, 4) is 34.1 Å². The van der Waals surface area contributed by atoms with Gasteiger partial charge in [-0.2, -0.15) is 0 Å². The molecule has 0 aliphatic rings. The highest BCUT2D eigenvalue weighted by atomic mass is 16.5. The van der Waals surface area contributed by atoms with Gasteiger partial charge in [0.05, 0.1) is 19.1 Å². The van der Waals surface area contributed by atoms with Crippen molar-refractivity contribution in [1.82, 2.24) is 0 Å². The molecule has 0 aliphatic carbocycles. The normalized spacial score (nSPS) is 10.7. The van der Waals surface area contributed by atoms with Gasteiger partial charge in [0.2, 0.25) is 0 Å². The predicted octanol–water partition coefficient (Wildman–Crippen LogP) is 7.85. The van der Waals surface area contributed by atoms with Gasteiger partial charge in [-0.05, 0) is 73.0 Å². The van der Waals surface area contributed by atoms with E-state index in [-0.39, 0.29) is 6.61 Å². The third-order valence-corrected chi connectivity index (χ3v) is 6.42. The Morgan fingerprint density at radius 1 is 0.756 bits per heavy atom.